The van der Waals surface area contributed by atoms with Crippen LogP contribution in [0.2, 0.25) is 0 Å². The highest BCUT2D eigenvalue weighted by molar-refractivity contribution is 5.73. The zero-order chi connectivity index (χ0) is 15.7. The first-order valence-electron chi connectivity index (χ1n) is 7.45. The number of ether oxygens (including phenoxy) is 2. The van der Waals surface area contributed by atoms with E-state index in [1.165, 1.54) is 7.11 Å². The Balaban J connectivity index is 2.63. The van der Waals surface area contributed by atoms with Gasteiger partial charge in [0, 0.05) is 5.92 Å². The Labute approximate surface area is 128 Å². The quantitative estimate of drug-likeness (QED) is 0.509. The van der Waals surface area contributed by atoms with E-state index in [0.717, 1.165) is 24.0 Å². The maximum Gasteiger partial charge on any atom is 0.309 e. The second-order valence-electron chi connectivity index (χ2n) is 5.37. The number of methoxy groups -OCH3 is 1. The predicted molar refractivity (Wildman–Crippen MR) is 84.8 cm³/mol. The van der Waals surface area contributed by atoms with Crippen molar-refractivity contribution in [2.75, 3.05) is 13.7 Å². The third kappa shape index (κ3) is 5.72. The van der Waals surface area contributed by atoms with Gasteiger partial charge in [-0.05, 0) is 18.9 Å². The van der Waals surface area contributed by atoms with Crippen LogP contribution >= 0.6 is 0 Å². The lowest BCUT2D eigenvalue weighted by atomic mass is 9.84. The van der Waals surface area contributed by atoms with E-state index in [-0.39, 0.29) is 17.8 Å². The molecule has 1 rings (SSSR count). The van der Waals surface area contributed by atoms with Crippen LogP contribution in [0.1, 0.15) is 32.3 Å². The molecule has 21 heavy (non-hydrogen) atoms. The van der Waals surface area contributed by atoms with E-state index in [4.69, 9.17) is 9.47 Å². The molecule has 0 saturated carbocycles. The van der Waals surface area contributed by atoms with Crippen LogP contribution in [0.3, 0.4) is 0 Å². The van der Waals surface area contributed by atoms with Gasteiger partial charge in [-0.2, -0.15) is 0 Å². The molecule has 0 aliphatic heterocycles. The molecule has 0 unspecified atom stereocenters. The first-order chi connectivity index (χ1) is 10.1. The third-order valence-electron chi connectivity index (χ3n) is 3.63. The number of carbonyl (C=O) groups is 1. The minimum Gasteiger partial charge on any atom is -0.469 e. The molecule has 0 spiro atoms. The van der Waals surface area contributed by atoms with Crippen molar-refractivity contribution < 1.29 is 14.3 Å². The van der Waals surface area contributed by atoms with Crippen molar-refractivity contribution in [3.05, 3.63) is 48.0 Å². The summed E-state index contributed by atoms with van der Waals surface area (Å²) in [4.78, 5) is 12.0. The van der Waals surface area contributed by atoms with Crippen molar-refractivity contribution in [2.45, 2.75) is 33.3 Å². The zero-order valence-electron chi connectivity index (χ0n) is 13.3. The van der Waals surface area contributed by atoms with Crippen LogP contribution in [0.25, 0.3) is 0 Å². The molecular formula is C18H26O3. The number of carbonyl (C=O) groups excluding carboxylic acids is 1. The van der Waals surface area contributed by atoms with Crippen molar-refractivity contribution in [3.63, 3.8) is 0 Å². The lowest BCUT2D eigenvalue weighted by Gasteiger charge is -2.25. The molecule has 0 aromatic heterocycles. The van der Waals surface area contributed by atoms with Gasteiger partial charge in [0.25, 0.3) is 0 Å². The number of rotatable bonds is 9. The van der Waals surface area contributed by atoms with E-state index in [0.29, 0.717) is 13.2 Å². The van der Waals surface area contributed by atoms with Gasteiger partial charge in [-0.3, -0.25) is 4.79 Å². The molecule has 0 saturated heterocycles. The van der Waals surface area contributed by atoms with E-state index in [2.05, 4.69) is 13.5 Å². The summed E-state index contributed by atoms with van der Waals surface area (Å²) in [6.45, 7) is 9.06. The van der Waals surface area contributed by atoms with Crippen LogP contribution in [0.4, 0.5) is 0 Å². The standard InChI is InChI=1S/C18H26O3/c1-5-9-16(18(19)20-4)17(14(2)3)13-21-12-15-10-7-6-8-11-15/h6-8,10-11,16-17H,2,5,9,12-13H2,1,3-4H3/t16-,17-/m0/s1. The van der Waals surface area contributed by atoms with Crippen LogP contribution in [0.15, 0.2) is 42.5 Å². The Kier molecular flexibility index (Phi) is 7.76. The molecule has 0 heterocycles. The van der Waals surface area contributed by atoms with Gasteiger partial charge in [-0.25, -0.2) is 0 Å². The summed E-state index contributed by atoms with van der Waals surface area (Å²) >= 11 is 0. The molecule has 1 aromatic carbocycles. The number of hydrogen-bond donors (Lipinski definition) is 0. The highest BCUT2D eigenvalue weighted by Crippen LogP contribution is 2.26. The van der Waals surface area contributed by atoms with Gasteiger partial charge < -0.3 is 9.47 Å². The van der Waals surface area contributed by atoms with E-state index in [1.807, 2.05) is 37.3 Å². The van der Waals surface area contributed by atoms with E-state index in [1.54, 1.807) is 0 Å². The average Bonchev–Trinajstić information content (AvgIpc) is 2.50. The SMILES string of the molecule is C=C(C)[C@H](COCc1ccccc1)[C@H](CCC)C(=O)OC. The van der Waals surface area contributed by atoms with Crippen LogP contribution < -0.4 is 0 Å². The molecule has 1 aromatic rings. The maximum atomic E-state index is 12.0. The Morgan fingerprint density at radius 2 is 1.90 bits per heavy atom. The van der Waals surface area contributed by atoms with Crippen molar-refractivity contribution in [1.82, 2.24) is 0 Å². The third-order valence-corrected chi connectivity index (χ3v) is 3.63. The second-order valence-corrected chi connectivity index (χ2v) is 5.37. The highest BCUT2D eigenvalue weighted by Gasteiger charge is 2.29. The Hall–Kier alpha value is -1.61. The van der Waals surface area contributed by atoms with Gasteiger partial charge in [0.2, 0.25) is 0 Å². The monoisotopic (exact) mass is 290 g/mol. The predicted octanol–water partition coefficient (Wildman–Crippen LogP) is 3.98. The molecule has 0 fully saturated rings. The Morgan fingerprint density at radius 1 is 1.24 bits per heavy atom. The summed E-state index contributed by atoms with van der Waals surface area (Å²) in [6, 6.07) is 10.0. The molecule has 0 amide bonds. The molecule has 0 N–H and O–H groups in total. The lowest BCUT2D eigenvalue weighted by Crippen LogP contribution is -2.29. The van der Waals surface area contributed by atoms with Gasteiger partial charge in [0.1, 0.15) is 0 Å². The van der Waals surface area contributed by atoms with E-state index >= 15 is 0 Å². The topological polar surface area (TPSA) is 35.5 Å². The van der Waals surface area contributed by atoms with Gasteiger partial charge in [-0.1, -0.05) is 55.8 Å². The summed E-state index contributed by atoms with van der Waals surface area (Å²) in [5.41, 5.74) is 2.09. The molecular weight excluding hydrogens is 264 g/mol. The molecule has 2 atom stereocenters. The van der Waals surface area contributed by atoms with Crippen LogP contribution in [-0.4, -0.2) is 19.7 Å². The molecule has 3 heteroatoms. The molecule has 0 radical (unpaired) electrons. The Morgan fingerprint density at radius 3 is 2.43 bits per heavy atom. The van der Waals surface area contributed by atoms with Gasteiger partial charge in [0.05, 0.1) is 26.2 Å². The first-order valence-corrected chi connectivity index (χ1v) is 7.45. The fraction of sp³-hybridized carbons (Fsp3) is 0.500. The summed E-state index contributed by atoms with van der Waals surface area (Å²) < 4.78 is 10.7. The summed E-state index contributed by atoms with van der Waals surface area (Å²) in [6.07, 6.45) is 1.72. The minimum atomic E-state index is -0.173. The van der Waals surface area contributed by atoms with Crippen LogP contribution in [0, 0.1) is 11.8 Å². The zero-order valence-corrected chi connectivity index (χ0v) is 13.3. The maximum absolute atomic E-state index is 12.0. The normalized spacial score (nSPS) is 13.5. The first kappa shape index (κ1) is 17.4. The van der Waals surface area contributed by atoms with Gasteiger partial charge in [0.15, 0.2) is 0 Å². The lowest BCUT2D eigenvalue weighted by molar-refractivity contribution is -0.148. The number of esters is 1. The number of benzene rings is 1. The Bertz CT molecular complexity index is 439. The van der Waals surface area contributed by atoms with E-state index < -0.39 is 0 Å². The van der Waals surface area contributed by atoms with Crippen molar-refractivity contribution in [2.24, 2.45) is 11.8 Å². The van der Waals surface area contributed by atoms with Gasteiger partial charge in [-0.15, -0.1) is 0 Å². The fourth-order valence-corrected chi connectivity index (χ4v) is 2.43. The smallest absolute Gasteiger partial charge is 0.309 e. The molecule has 116 valence electrons. The van der Waals surface area contributed by atoms with Crippen LogP contribution in [-0.2, 0) is 20.9 Å². The number of hydrogen-bond acceptors (Lipinski definition) is 3. The fourth-order valence-electron chi connectivity index (χ4n) is 2.43. The van der Waals surface area contributed by atoms with Gasteiger partial charge >= 0.3 is 5.97 Å². The van der Waals surface area contributed by atoms with E-state index in [9.17, 15) is 4.79 Å². The molecule has 0 aliphatic rings. The van der Waals surface area contributed by atoms with Crippen molar-refractivity contribution in [1.29, 1.82) is 0 Å². The van der Waals surface area contributed by atoms with Crippen molar-refractivity contribution in [3.8, 4) is 0 Å². The molecule has 0 bridgehead atoms. The summed E-state index contributed by atoms with van der Waals surface area (Å²) in [5, 5.41) is 0. The highest BCUT2D eigenvalue weighted by atomic mass is 16.5. The molecule has 0 aliphatic carbocycles. The minimum absolute atomic E-state index is 0.00103. The molecule has 3 nitrogen and oxygen atoms in total. The summed E-state index contributed by atoms with van der Waals surface area (Å²) in [7, 11) is 1.44. The largest absolute Gasteiger partial charge is 0.469 e. The summed E-state index contributed by atoms with van der Waals surface area (Å²) in [5.74, 6) is -0.345. The average molecular weight is 290 g/mol. The van der Waals surface area contributed by atoms with Crippen molar-refractivity contribution >= 4 is 5.97 Å². The second kappa shape index (κ2) is 9.35. The van der Waals surface area contributed by atoms with Crippen LogP contribution in [0.5, 0.6) is 0 Å².